The summed E-state index contributed by atoms with van der Waals surface area (Å²) in [5, 5.41) is 3.51. The van der Waals surface area contributed by atoms with Crippen LogP contribution in [-0.2, 0) is 0 Å². The Bertz CT molecular complexity index is 1100. The highest BCUT2D eigenvalue weighted by Gasteiger charge is 2.28. The maximum absolute atomic E-state index is 13.4. The Hall–Kier alpha value is -3.47. The number of ketones is 1. The highest BCUT2D eigenvalue weighted by Crippen LogP contribution is 2.50. The van der Waals surface area contributed by atoms with Crippen LogP contribution in [0.4, 0.5) is 22.7 Å². The Balaban J connectivity index is 1.82. The topological polar surface area (TPSA) is 44.8 Å². The Morgan fingerprint density at radius 2 is 1.53 bits per heavy atom. The van der Waals surface area contributed by atoms with Gasteiger partial charge in [-0.05, 0) is 52.0 Å². The first-order chi connectivity index (χ1) is 15.6. The molecule has 4 rings (SSSR count). The molecule has 0 amide bonds. The van der Waals surface area contributed by atoms with Crippen molar-refractivity contribution < 1.29 is 9.53 Å². The van der Waals surface area contributed by atoms with Crippen LogP contribution in [0.1, 0.15) is 43.6 Å². The molecule has 1 N–H and O–H groups in total. The van der Waals surface area contributed by atoms with Crippen LogP contribution >= 0.6 is 0 Å². The third-order valence-electron chi connectivity index (χ3n) is 6.09. The lowest BCUT2D eigenvalue weighted by Crippen LogP contribution is -2.24. The third kappa shape index (κ3) is 3.91. The number of hydrogen-bond acceptors (Lipinski definition) is 5. The van der Waals surface area contributed by atoms with Crippen molar-refractivity contribution in [2.45, 2.75) is 27.7 Å². The van der Waals surface area contributed by atoms with Crippen LogP contribution in [0.3, 0.4) is 0 Å². The summed E-state index contributed by atoms with van der Waals surface area (Å²) in [4.78, 5) is 17.9. The van der Waals surface area contributed by atoms with E-state index < -0.39 is 0 Å². The minimum absolute atomic E-state index is 0.0211. The summed E-state index contributed by atoms with van der Waals surface area (Å²) in [5.74, 6) is 1.46. The van der Waals surface area contributed by atoms with E-state index in [1.807, 2.05) is 48.5 Å². The first kappa shape index (κ1) is 21.8. The van der Waals surface area contributed by atoms with Crippen LogP contribution in [0.25, 0.3) is 0 Å². The van der Waals surface area contributed by atoms with Crippen LogP contribution in [0.2, 0.25) is 0 Å². The van der Waals surface area contributed by atoms with Crippen LogP contribution in [-0.4, -0.2) is 32.0 Å². The second-order valence-corrected chi connectivity index (χ2v) is 7.78. The van der Waals surface area contributed by atoms with E-state index in [1.54, 1.807) is 0 Å². The molecular weight excluding hydrogens is 398 g/mol. The molecule has 3 aromatic carbocycles. The molecule has 0 saturated carbocycles. The summed E-state index contributed by atoms with van der Waals surface area (Å²) in [6.07, 6.45) is 0. The van der Waals surface area contributed by atoms with E-state index in [9.17, 15) is 4.79 Å². The molecule has 5 nitrogen and oxygen atoms in total. The molecule has 32 heavy (non-hydrogen) atoms. The molecule has 0 atom stereocenters. The van der Waals surface area contributed by atoms with Gasteiger partial charge in [-0.3, -0.25) is 4.79 Å². The van der Waals surface area contributed by atoms with Gasteiger partial charge in [-0.15, -0.1) is 0 Å². The number of nitrogens with zero attached hydrogens (tertiary/aromatic N) is 2. The number of anilines is 4. The van der Waals surface area contributed by atoms with Crippen molar-refractivity contribution >= 4 is 28.5 Å². The molecule has 0 bridgehead atoms. The monoisotopic (exact) mass is 429 g/mol. The fourth-order valence-corrected chi connectivity index (χ4v) is 4.28. The van der Waals surface area contributed by atoms with Crippen molar-refractivity contribution in [2.75, 3.05) is 41.3 Å². The van der Waals surface area contributed by atoms with Crippen LogP contribution in [0.5, 0.6) is 11.5 Å². The molecule has 0 saturated heterocycles. The van der Waals surface area contributed by atoms with Crippen molar-refractivity contribution in [3.63, 3.8) is 0 Å². The minimum Gasteiger partial charge on any atom is -0.451 e. The average Bonchev–Trinajstić information content (AvgIpc) is 2.84. The number of nitrogens with one attached hydrogen (secondary N) is 1. The Morgan fingerprint density at radius 3 is 2.19 bits per heavy atom. The number of hydrogen-bond donors (Lipinski definition) is 1. The molecule has 0 unspecified atom stereocenters. The largest absolute Gasteiger partial charge is 0.451 e. The van der Waals surface area contributed by atoms with E-state index in [-0.39, 0.29) is 5.78 Å². The van der Waals surface area contributed by atoms with Gasteiger partial charge in [0.15, 0.2) is 17.3 Å². The lowest BCUT2D eigenvalue weighted by atomic mass is 9.99. The fourth-order valence-electron chi connectivity index (χ4n) is 4.28. The van der Waals surface area contributed by atoms with Crippen molar-refractivity contribution in [3.05, 3.63) is 71.8 Å². The molecule has 0 aromatic heterocycles. The van der Waals surface area contributed by atoms with Gasteiger partial charge >= 0.3 is 0 Å². The zero-order chi connectivity index (χ0) is 22.7. The quantitative estimate of drug-likeness (QED) is 0.326. The van der Waals surface area contributed by atoms with Gasteiger partial charge in [-0.25, -0.2) is 0 Å². The van der Waals surface area contributed by atoms with E-state index in [4.69, 9.17) is 4.74 Å². The minimum atomic E-state index is -0.0211. The lowest BCUT2D eigenvalue weighted by molar-refractivity contribution is 0.103. The van der Waals surface area contributed by atoms with Crippen LogP contribution in [0.15, 0.2) is 60.7 Å². The van der Waals surface area contributed by atoms with Crippen LogP contribution in [0, 0.1) is 0 Å². The van der Waals surface area contributed by atoms with E-state index in [1.165, 1.54) is 0 Å². The first-order valence-electron chi connectivity index (χ1n) is 11.5. The Kier molecular flexibility index (Phi) is 6.35. The number of benzene rings is 3. The van der Waals surface area contributed by atoms with Gasteiger partial charge in [0.25, 0.3) is 0 Å². The van der Waals surface area contributed by atoms with Gasteiger partial charge < -0.3 is 19.9 Å². The van der Waals surface area contributed by atoms with E-state index in [0.29, 0.717) is 16.9 Å². The van der Waals surface area contributed by atoms with Gasteiger partial charge in [0, 0.05) is 43.5 Å². The average molecular weight is 430 g/mol. The van der Waals surface area contributed by atoms with Gasteiger partial charge in [0.2, 0.25) is 0 Å². The van der Waals surface area contributed by atoms with E-state index in [2.05, 4.69) is 54.9 Å². The molecule has 1 aliphatic heterocycles. The molecule has 1 heterocycles. The molecule has 1 aliphatic rings. The summed E-state index contributed by atoms with van der Waals surface area (Å²) in [5.41, 5.74) is 4.98. The second kappa shape index (κ2) is 9.35. The highest BCUT2D eigenvalue weighted by molar-refractivity contribution is 6.14. The summed E-state index contributed by atoms with van der Waals surface area (Å²) >= 11 is 0. The van der Waals surface area contributed by atoms with Gasteiger partial charge in [-0.1, -0.05) is 30.3 Å². The molecule has 0 radical (unpaired) electrons. The molecule has 0 aliphatic carbocycles. The second-order valence-electron chi connectivity index (χ2n) is 7.78. The molecule has 0 spiro atoms. The zero-order valence-electron chi connectivity index (χ0n) is 19.3. The highest BCUT2D eigenvalue weighted by atomic mass is 16.5. The number of carbonyl (C=O) groups is 1. The smallest absolute Gasteiger partial charge is 0.195 e. The molecular formula is C27H31N3O2. The van der Waals surface area contributed by atoms with Gasteiger partial charge in [-0.2, -0.15) is 0 Å². The summed E-state index contributed by atoms with van der Waals surface area (Å²) in [7, 11) is 0. The van der Waals surface area contributed by atoms with Gasteiger partial charge in [0.1, 0.15) is 0 Å². The molecule has 5 heteroatoms. The number of rotatable bonds is 8. The summed E-state index contributed by atoms with van der Waals surface area (Å²) < 4.78 is 6.52. The van der Waals surface area contributed by atoms with Crippen molar-refractivity contribution in [3.8, 4) is 11.5 Å². The Morgan fingerprint density at radius 1 is 0.844 bits per heavy atom. The van der Waals surface area contributed by atoms with Crippen LogP contribution < -0.4 is 19.9 Å². The number of fused-ring (bicyclic) bond motifs is 2. The van der Waals surface area contributed by atoms with Crippen molar-refractivity contribution in [1.29, 1.82) is 0 Å². The standard InChI is InChI=1S/C27H31N3O2/c1-5-29(6-2)20-14-16-22-24(18-20)32-27-23(30(7-3)8-4)17-15-21(25(27)28-22)26(31)19-12-10-9-11-13-19/h9-18,28H,5-8H2,1-4H3. The molecule has 0 fully saturated rings. The molecule has 3 aromatic rings. The summed E-state index contributed by atoms with van der Waals surface area (Å²) in [6.45, 7) is 12.1. The molecule has 166 valence electrons. The maximum atomic E-state index is 13.4. The fraction of sp³-hybridized carbons (Fsp3) is 0.296. The number of ether oxygens (including phenoxy) is 1. The third-order valence-corrected chi connectivity index (χ3v) is 6.09. The van der Waals surface area contributed by atoms with E-state index >= 15 is 0 Å². The maximum Gasteiger partial charge on any atom is 0.195 e. The van der Waals surface area contributed by atoms with Crippen molar-refractivity contribution in [1.82, 2.24) is 0 Å². The van der Waals surface area contributed by atoms with Gasteiger partial charge in [0.05, 0.1) is 22.6 Å². The predicted molar refractivity (Wildman–Crippen MR) is 133 cm³/mol. The summed E-state index contributed by atoms with van der Waals surface area (Å²) in [6, 6.07) is 19.5. The van der Waals surface area contributed by atoms with E-state index in [0.717, 1.165) is 54.7 Å². The first-order valence-corrected chi connectivity index (χ1v) is 11.5. The number of carbonyl (C=O) groups excluding carboxylic acids is 1. The van der Waals surface area contributed by atoms with Crippen molar-refractivity contribution in [2.24, 2.45) is 0 Å². The Labute approximate surface area is 190 Å². The SMILES string of the molecule is CCN(CC)c1ccc2c(c1)Oc1c(N(CC)CC)ccc(C(=O)c3ccccc3)c1N2. The zero-order valence-corrected chi connectivity index (χ0v) is 19.3. The normalized spacial score (nSPS) is 11.6. The lowest BCUT2D eigenvalue weighted by Gasteiger charge is -2.31. The predicted octanol–water partition coefficient (Wildman–Crippen LogP) is 6.46.